The summed E-state index contributed by atoms with van der Waals surface area (Å²) >= 11 is 0. The maximum atomic E-state index is 12.1. The molecule has 1 aliphatic heterocycles. The van der Waals surface area contributed by atoms with Gasteiger partial charge in [0.1, 0.15) is 0 Å². The highest BCUT2D eigenvalue weighted by Gasteiger charge is 2.26. The number of hydrogen-bond donors (Lipinski definition) is 1. The van der Waals surface area contributed by atoms with Gasteiger partial charge in [-0.15, -0.1) is 0 Å². The van der Waals surface area contributed by atoms with Crippen molar-refractivity contribution in [1.82, 2.24) is 9.03 Å². The summed E-state index contributed by atoms with van der Waals surface area (Å²) in [7, 11) is -5.42. The van der Waals surface area contributed by atoms with Crippen LogP contribution >= 0.6 is 0 Å². The van der Waals surface area contributed by atoms with Crippen LogP contribution < -0.4 is 4.72 Å². The molecular weight excluding hydrogens is 312 g/mol. The molecule has 1 N–H and O–H groups in total. The van der Waals surface area contributed by atoms with E-state index in [2.05, 4.69) is 4.72 Å². The Morgan fingerprint density at radius 1 is 1.19 bits per heavy atom. The fourth-order valence-corrected chi connectivity index (χ4v) is 4.68. The Morgan fingerprint density at radius 3 is 2.52 bits per heavy atom. The van der Waals surface area contributed by atoms with Crippen LogP contribution in [0.25, 0.3) is 0 Å². The van der Waals surface area contributed by atoms with E-state index in [1.807, 2.05) is 6.92 Å². The molecule has 0 fully saturated rings. The van der Waals surface area contributed by atoms with E-state index in [0.29, 0.717) is 19.4 Å². The van der Waals surface area contributed by atoms with Crippen LogP contribution in [0.1, 0.15) is 24.5 Å². The van der Waals surface area contributed by atoms with Gasteiger partial charge in [-0.2, -0.15) is 4.31 Å². The lowest BCUT2D eigenvalue weighted by atomic mass is 10.0. The van der Waals surface area contributed by atoms with E-state index in [0.717, 1.165) is 11.1 Å². The Balaban J connectivity index is 2.34. The number of nitrogens with one attached hydrogen (secondary N) is 1. The van der Waals surface area contributed by atoms with Crippen LogP contribution in [0.3, 0.4) is 0 Å². The number of nitrogens with zero attached hydrogens (tertiary/aromatic N) is 1. The molecule has 21 heavy (non-hydrogen) atoms. The fourth-order valence-electron chi connectivity index (χ4n) is 2.42. The summed E-state index contributed by atoms with van der Waals surface area (Å²) in [5.41, 5.74) is 1.77. The minimum absolute atomic E-state index is 0.122. The largest absolute Gasteiger partial charge is 0.240 e. The van der Waals surface area contributed by atoms with Gasteiger partial charge >= 0.3 is 0 Å². The lowest BCUT2D eigenvalue weighted by Gasteiger charge is -2.28. The summed E-state index contributed by atoms with van der Waals surface area (Å²) < 4.78 is 51.6. The molecule has 1 aliphatic rings. The third-order valence-electron chi connectivity index (χ3n) is 3.59. The highest BCUT2D eigenvalue weighted by Crippen LogP contribution is 2.24. The van der Waals surface area contributed by atoms with Gasteiger partial charge in [-0.25, -0.2) is 21.6 Å². The molecule has 1 heterocycles. The smallest absolute Gasteiger partial charge is 0.214 e. The summed E-state index contributed by atoms with van der Waals surface area (Å²) in [6.07, 6.45) is 1.18. The lowest BCUT2D eigenvalue weighted by molar-refractivity contribution is 0.390. The topological polar surface area (TPSA) is 83.6 Å². The zero-order valence-corrected chi connectivity index (χ0v) is 13.8. The molecule has 0 aliphatic carbocycles. The van der Waals surface area contributed by atoms with Crippen molar-refractivity contribution in [3.05, 3.63) is 29.3 Å². The normalized spacial score (nSPS) is 16.7. The number of sulfonamides is 2. The minimum atomic E-state index is -3.51. The fraction of sp³-hybridized carbons (Fsp3) is 0.538. The van der Waals surface area contributed by atoms with Crippen LogP contribution in [-0.2, 0) is 33.0 Å². The third kappa shape index (κ3) is 3.45. The average molecular weight is 332 g/mol. The molecule has 0 radical (unpaired) electrons. The SMILES string of the molecule is CCCS(=O)(=O)N1CCc2ccc(S(=O)(=O)NC)cc2C1. The molecule has 1 aromatic rings. The maximum Gasteiger partial charge on any atom is 0.240 e. The Kier molecular flexibility index (Phi) is 4.72. The van der Waals surface area contributed by atoms with E-state index in [-0.39, 0.29) is 17.2 Å². The molecule has 0 spiro atoms. The minimum Gasteiger partial charge on any atom is -0.214 e. The van der Waals surface area contributed by atoms with Gasteiger partial charge in [0, 0.05) is 13.1 Å². The first-order valence-corrected chi connectivity index (χ1v) is 9.92. The maximum absolute atomic E-state index is 12.1. The van der Waals surface area contributed by atoms with E-state index >= 15 is 0 Å². The number of rotatable bonds is 5. The summed E-state index contributed by atoms with van der Waals surface area (Å²) in [5.74, 6) is 0.122. The Hall–Kier alpha value is -0.960. The molecule has 1 aromatic carbocycles. The highest BCUT2D eigenvalue weighted by atomic mass is 32.2. The molecule has 0 atom stereocenters. The Labute approximate surface area is 126 Å². The second kappa shape index (κ2) is 6.04. The van der Waals surface area contributed by atoms with Crippen molar-refractivity contribution < 1.29 is 16.8 Å². The molecule has 0 unspecified atom stereocenters. The van der Waals surface area contributed by atoms with Gasteiger partial charge in [0.05, 0.1) is 10.6 Å². The molecule has 0 aromatic heterocycles. The first-order valence-electron chi connectivity index (χ1n) is 6.83. The van der Waals surface area contributed by atoms with Gasteiger partial charge < -0.3 is 0 Å². The molecule has 8 heteroatoms. The number of benzene rings is 1. The predicted octanol–water partition coefficient (Wildman–Crippen LogP) is 0.693. The molecule has 0 amide bonds. The average Bonchev–Trinajstić information content (AvgIpc) is 2.46. The first kappa shape index (κ1) is 16.4. The van der Waals surface area contributed by atoms with Crippen molar-refractivity contribution in [2.24, 2.45) is 0 Å². The standard InChI is InChI=1S/C13H20N2O4S2/c1-3-8-20(16,17)15-7-6-11-4-5-13(9-12(11)10-15)21(18,19)14-2/h4-5,9,14H,3,6-8,10H2,1-2H3. The van der Waals surface area contributed by atoms with E-state index in [4.69, 9.17) is 0 Å². The molecule has 118 valence electrons. The van der Waals surface area contributed by atoms with E-state index in [1.165, 1.54) is 11.4 Å². The van der Waals surface area contributed by atoms with Crippen molar-refractivity contribution in [3.63, 3.8) is 0 Å². The predicted molar refractivity (Wildman–Crippen MR) is 80.9 cm³/mol. The van der Waals surface area contributed by atoms with Crippen LogP contribution in [0.5, 0.6) is 0 Å². The van der Waals surface area contributed by atoms with Crippen LogP contribution in [0.2, 0.25) is 0 Å². The van der Waals surface area contributed by atoms with Crippen LogP contribution in [-0.4, -0.2) is 40.5 Å². The quantitative estimate of drug-likeness (QED) is 0.860. The Bertz CT molecular complexity index is 727. The van der Waals surface area contributed by atoms with Gasteiger partial charge in [0.15, 0.2) is 0 Å². The van der Waals surface area contributed by atoms with Crippen molar-refractivity contribution in [2.45, 2.75) is 31.2 Å². The summed E-state index contributed by atoms with van der Waals surface area (Å²) in [6.45, 7) is 2.52. The third-order valence-corrected chi connectivity index (χ3v) is 7.02. The molecular formula is C13H20N2O4S2. The van der Waals surface area contributed by atoms with Gasteiger partial charge in [-0.1, -0.05) is 13.0 Å². The van der Waals surface area contributed by atoms with Crippen molar-refractivity contribution in [1.29, 1.82) is 0 Å². The van der Waals surface area contributed by atoms with E-state index in [9.17, 15) is 16.8 Å². The molecule has 2 rings (SSSR count). The summed E-state index contributed by atoms with van der Waals surface area (Å²) in [6, 6.07) is 4.89. The van der Waals surface area contributed by atoms with Gasteiger partial charge in [-0.3, -0.25) is 0 Å². The van der Waals surface area contributed by atoms with Gasteiger partial charge in [0.25, 0.3) is 0 Å². The molecule has 0 saturated heterocycles. The summed E-state index contributed by atoms with van der Waals surface area (Å²) in [5, 5.41) is 0. The van der Waals surface area contributed by atoms with Crippen LogP contribution in [0, 0.1) is 0 Å². The monoisotopic (exact) mass is 332 g/mol. The first-order chi connectivity index (χ1) is 9.80. The van der Waals surface area contributed by atoms with Crippen LogP contribution in [0.4, 0.5) is 0 Å². The second-order valence-corrected chi connectivity index (χ2v) is 9.01. The van der Waals surface area contributed by atoms with Crippen molar-refractivity contribution in [3.8, 4) is 0 Å². The number of hydrogen-bond acceptors (Lipinski definition) is 4. The molecule has 0 saturated carbocycles. The van der Waals surface area contributed by atoms with Gasteiger partial charge in [-0.05, 0) is 43.1 Å². The van der Waals surface area contributed by atoms with Crippen molar-refractivity contribution in [2.75, 3.05) is 19.3 Å². The second-order valence-electron chi connectivity index (χ2n) is 5.04. The van der Waals surface area contributed by atoms with E-state index in [1.54, 1.807) is 18.2 Å². The molecule has 0 bridgehead atoms. The van der Waals surface area contributed by atoms with Crippen LogP contribution in [0.15, 0.2) is 23.1 Å². The Morgan fingerprint density at radius 2 is 1.90 bits per heavy atom. The lowest BCUT2D eigenvalue weighted by Crippen LogP contribution is -2.37. The van der Waals surface area contributed by atoms with E-state index < -0.39 is 20.0 Å². The highest BCUT2D eigenvalue weighted by molar-refractivity contribution is 7.89. The molecule has 6 nitrogen and oxygen atoms in total. The zero-order valence-electron chi connectivity index (χ0n) is 12.2. The number of fused-ring (bicyclic) bond motifs is 1. The zero-order chi connectivity index (χ0) is 15.7. The van der Waals surface area contributed by atoms with Crippen molar-refractivity contribution >= 4 is 20.0 Å². The van der Waals surface area contributed by atoms with Gasteiger partial charge in [0.2, 0.25) is 20.0 Å². The summed E-state index contributed by atoms with van der Waals surface area (Å²) in [4.78, 5) is 0.165.